The Kier molecular flexibility index (Phi) is 5.71. The zero-order valence-corrected chi connectivity index (χ0v) is 18.4. The van der Waals surface area contributed by atoms with Crippen LogP contribution in [0.1, 0.15) is 17.5 Å². The third-order valence-electron chi connectivity index (χ3n) is 6.00. The van der Waals surface area contributed by atoms with Gasteiger partial charge in [0.1, 0.15) is 0 Å². The highest BCUT2D eigenvalue weighted by atomic mass is 15.4. The molecule has 0 saturated heterocycles. The lowest BCUT2D eigenvalue weighted by molar-refractivity contribution is 0.678. The van der Waals surface area contributed by atoms with Crippen LogP contribution in [-0.4, -0.2) is 17.8 Å². The lowest BCUT2D eigenvalue weighted by Crippen LogP contribution is -2.08. The summed E-state index contributed by atoms with van der Waals surface area (Å²) >= 11 is 0. The SMILES string of the molecule is CN(N=Cc1ccc2c(c1)c1ccccc1n2CCCc1ccccc1)c1ccccc1. The molecular weight excluding hydrogens is 390 g/mol. The van der Waals surface area contributed by atoms with E-state index in [4.69, 9.17) is 0 Å². The highest BCUT2D eigenvalue weighted by Crippen LogP contribution is 2.30. The second-order valence-corrected chi connectivity index (χ2v) is 8.14. The molecule has 5 rings (SSSR count). The molecule has 1 aromatic heterocycles. The summed E-state index contributed by atoms with van der Waals surface area (Å²) in [6.07, 6.45) is 4.14. The van der Waals surface area contributed by atoms with Crippen molar-refractivity contribution in [3.8, 4) is 0 Å². The van der Waals surface area contributed by atoms with Crippen LogP contribution in [0.15, 0.2) is 108 Å². The quantitative estimate of drug-likeness (QED) is 0.208. The van der Waals surface area contributed by atoms with Crippen molar-refractivity contribution in [2.75, 3.05) is 12.1 Å². The van der Waals surface area contributed by atoms with Gasteiger partial charge in [-0.05, 0) is 54.3 Å². The number of aryl methyl sites for hydroxylation is 2. The maximum absolute atomic E-state index is 4.64. The minimum Gasteiger partial charge on any atom is -0.340 e. The van der Waals surface area contributed by atoms with E-state index in [9.17, 15) is 0 Å². The van der Waals surface area contributed by atoms with Crippen LogP contribution < -0.4 is 5.01 Å². The van der Waals surface area contributed by atoms with E-state index in [1.807, 2.05) is 36.5 Å². The maximum Gasteiger partial charge on any atom is 0.0590 e. The Labute approximate surface area is 189 Å². The number of para-hydroxylation sites is 2. The van der Waals surface area contributed by atoms with Gasteiger partial charge in [0.25, 0.3) is 0 Å². The van der Waals surface area contributed by atoms with E-state index in [0.717, 1.165) is 30.6 Å². The zero-order valence-electron chi connectivity index (χ0n) is 18.4. The number of fused-ring (bicyclic) bond motifs is 3. The van der Waals surface area contributed by atoms with Crippen LogP contribution in [-0.2, 0) is 13.0 Å². The van der Waals surface area contributed by atoms with Gasteiger partial charge in [-0.15, -0.1) is 0 Å². The largest absolute Gasteiger partial charge is 0.340 e. The van der Waals surface area contributed by atoms with Gasteiger partial charge in [0.2, 0.25) is 0 Å². The molecule has 0 aliphatic rings. The van der Waals surface area contributed by atoms with Gasteiger partial charge in [-0.1, -0.05) is 72.8 Å². The predicted molar refractivity (Wildman–Crippen MR) is 137 cm³/mol. The summed E-state index contributed by atoms with van der Waals surface area (Å²) in [5, 5.41) is 9.13. The van der Waals surface area contributed by atoms with Gasteiger partial charge in [0.15, 0.2) is 0 Å². The van der Waals surface area contributed by atoms with Gasteiger partial charge in [-0.25, -0.2) is 0 Å². The molecule has 5 aromatic rings. The fraction of sp³-hybridized carbons (Fsp3) is 0.138. The highest BCUT2D eigenvalue weighted by Gasteiger charge is 2.10. The highest BCUT2D eigenvalue weighted by molar-refractivity contribution is 6.09. The summed E-state index contributed by atoms with van der Waals surface area (Å²) in [4.78, 5) is 0. The lowest BCUT2D eigenvalue weighted by atomic mass is 10.1. The Bertz CT molecular complexity index is 1350. The molecule has 3 nitrogen and oxygen atoms in total. The molecule has 0 bridgehead atoms. The van der Waals surface area contributed by atoms with Gasteiger partial charge >= 0.3 is 0 Å². The molecule has 3 heteroatoms. The topological polar surface area (TPSA) is 20.5 Å². The van der Waals surface area contributed by atoms with Crippen molar-refractivity contribution < 1.29 is 0 Å². The molecule has 1 heterocycles. The van der Waals surface area contributed by atoms with E-state index < -0.39 is 0 Å². The number of hydrazone groups is 1. The van der Waals surface area contributed by atoms with Crippen LogP contribution in [0.3, 0.4) is 0 Å². The Balaban J connectivity index is 1.43. The summed E-state index contributed by atoms with van der Waals surface area (Å²) in [6, 6.07) is 36.3. The van der Waals surface area contributed by atoms with Crippen molar-refractivity contribution in [2.45, 2.75) is 19.4 Å². The second kappa shape index (κ2) is 9.11. The van der Waals surface area contributed by atoms with Crippen LogP contribution in [0, 0.1) is 0 Å². The predicted octanol–water partition coefficient (Wildman–Crippen LogP) is 6.90. The molecule has 0 amide bonds. The normalized spacial score (nSPS) is 11.5. The van der Waals surface area contributed by atoms with Gasteiger partial charge in [-0.2, -0.15) is 5.10 Å². The van der Waals surface area contributed by atoms with Crippen LogP contribution in [0.25, 0.3) is 21.8 Å². The summed E-state index contributed by atoms with van der Waals surface area (Å²) in [6.45, 7) is 1.00. The summed E-state index contributed by atoms with van der Waals surface area (Å²) in [5.74, 6) is 0. The van der Waals surface area contributed by atoms with Crippen molar-refractivity contribution in [2.24, 2.45) is 5.10 Å². The van der Waals surface area contributed by atoms with E-state index in [-0.39, 0.29) is 0 Å². The van der Waals surface area contributed by atoms with E-state index in [1.165, 1.54) is 27.4 Å². The maximum atomic E-state index is 4.64. The van der Waals surface area contributed by atoms with Crippen molar-refractivity contribution in [3.05, 3.63) is 114 Å². The third-order valence-corrected chi connectivity index (χ3v) is 6.00. The minimum atomic E-state index is 1.00. The zero-order chi connectivity index (χ0) is 21.8. The average Bonchev–Trinajstić information content (AvgIpc) is 3.17. The average molecular weight is 418 g/mol. The third kappa shape index (κ3) is 4.15. The Morgan fingerprint density at radius 1 is 0.750 bits per heavy atom. The molecule has 0 unspecified atom stereocenters. The first-order valence-corrected chi connectivity index (χ1v) is 11.2. The molecule has 0 aliphatic heterocycles. The van der Waals surface area contributed by atoms with Crippen molar-refractivity contribution in [3.63, 3.8) is 0 Å². The molecule has 0 radical (unpaired) electrons. The Morgan fingerprint density at radius 2 is 1.44 bits per heavy atom. The molecule has 158 valence electrons. The van der Waals surface area contributed by atoms with Gasteiger partial charge in [0.05, 0.1) is 11.9 Å². The van der Waals surface area contributed by atoms with Gasteiger partial charge < -0.3 is 4.57 Å². The van der Waals surface area contributed by atoms with Crippen molar-refractivity contribution >= 4 is 33.7 Å². The van der Waals surface area contributed by atoms with E-state index >= 15 is 0 Å². The molecule has 0 saturated carbocycles. The smallest absolute Gasteiger partial charge is 0.0590 e. The molecule has 0 N–H and O–H groups in total. The second-order valence-electron chi connectivity index (χ2n) is 8.14. The molecule has 0 aliphatic carbocycles. The fourth-order valence-corrected chi connectivity index (χ4v) is 4.34. The van der Waals surface area contributed by atoms with E-state index in [1.54, 1.807) is 0 Å². The molecule has 0 atom stereocenters. The monoisotopic (exact) mass is 417 g/mol. The number of aromatic nitrogens is 1. The van der Waals surface area contributed by atoms with Gasteiger partial charge in [0, 0.05) is 35.4 Å². The van der Waals surface area contributed by atoms with Crippen LogP contribution in [0.2, 0.25) is 0 Å². The number of hydrogen-bond donors (Lipinski definition) is 0. The Hall–Kier alpha value is -3.85. The van der Waals surface area contributed by atoms with Crippen molar-refractivity contribution in [1.82, 2.24) is 4.57 Å². The summed E-state index contributed by atoms with van der Waals surface area (Å²) in [5.41, 5.74) is 6.15. The van der Waals surface area contributed by atoms with Crippen LogP contribution in [0.4, 0.5) is 5.69 Å². The number of benzene rings is 4. The summed E-state index contributed by atoms with van der Waals surface area (Å²) in [7, 11) is 1.98. The standard InChI is InChI=1S/C29H27N3/c1-31(25-14-6-3-7-15-25)30-22-24-18-19-29-27(21-24)26-16-8-9-17-28(26)32(29)20-10-13-23-11-4-2-5-12-23/h2-9,11-12,14-19,21-22H,10,13,20H2,1H3. The minimum absolute atomic E-state index is 1.00. The fourth-order valence-electron chi connectivity index (χ4n) is 4.34. The number of hydrogen-bond acceptors (Lipinski definition) is 2. The van der Waals surface area contributed by atoms with Crippen molar-refractivity contribution in [1.29, 1.82) is 0 Å². The van der Waals surface area contributed by atoms with E-state index in [2.05, 4.69) is 94.6 Å². The first-order chi connectivity index (χ1) is 15.8. The molecule has 0 fully saturated rings. The number of rotatable bonds is 7. The van der Waals surface area contributed by atoms with Crippen LogP contribution >= 0.6 is 0 Å². The Morgan fingerprint density at radius 3 is 2.25 bits per heavy atom. The molecular formula is C29H27N3. The molecule has 0 spiro atoms. The lowest BCUT2D eigenvalue weighted by Gasteiger charge is -2.12. The summed E-state index contributed by atoms with van der Waals surface area (Å²) < 4.78 is 2.46. The number of nitrogens with zero attached hydrogens (tertiary/aromatic N) is 3. The first-order valence-electron chi connectivity index (χ1n) is 11.2. The number of anilines is 1. The molecule has 4 aromatic carbocycles. The molecule has 32 heavy (non-hydrogen) atoms. The first kappa shape index (κ1) is 20.1. The van der Waals surface area contributed by atoms with Crippen LogP contribution in [0.5, 0.6) is 0 Å². The van der Waals surface area contributed by atoms with E-state index in [0.29, 0.717) is 0 Å². The van der Waals surface area contributed by atoms with Gasteiger partial charge in [-0.3, -0.25) is 5.01 Å².